The van der Waals surface area contributed by atoms with Crippen LogP contribution in [-0.4, -0.2) is 23.2 Å². The Morgan fingerprint density at radius 1 is 1.04 bits per heavy atom. The highest BCUT2D eigenvalue weighted by atomic mass is 16.5. The first-order chi connectivity index (χ1) is 11.3. The van der Waals surface area contributed by atoms with Crippen LogP contribution in [0.25, 0.3) is 0 Å². The van der Waals surface area contributed by atoms with Crippen molar-refractivity contribution in [1.29, 1.82) is 0 Å². The molecule has 5 heteroatoms. The number of aromatic hydroxyl groups is 1. The third-order valence-corrected chi connectivity index (χ3v) is 3.17. The molecule has 2 rings (SSSR count). The predicted octanol–water partition coefficient (Wildman–Crippen LogP) is 3.30. The molecular weight excluding hydrogens is 304 g/mol. The molecule has 0 bridgehead atoms. The van der Waals surface area contributed by atoms with Crippen molar-refractivity contribution in [1.82, 2.24) is 5.32 Å². The summed E-state index contributed by atoms with van der Waals surface area (Å²) < 4.78 is 5.48. The van der Waals surface area contributed by atoms with E-state index in [9.17, 15) is 9.90 Å². The number of rotatable bonds is 6. The number of hydrogen-bond donors (Lipinski definition) is 3. The predicted molar refractivity (Wildman–Crippen MR) is 95.3 cm³/mol. The molecule has 0 aromatic heterocycles. The summed E-state index contributed by atoms with van der Waals surface area (Å²) in [7, 11) is 0. The van der Waals surface area contributed by atoms with Gasteiger partial charge in [0.2, 0.25) is 0 Å². The van der Waals surface area contributed by atoms with Gasteiger partial charge in [-0.25, -0.2) is 0 Å². The lowest BCUT2D eigenvalue weighted by molar-refractivity contribution is -0.124. The number of hydrogen-bond acceptors (Lipinski definition) is 4. The van der Waals surface area contributed by atoms with Gasteiger partial charge in [-0.15, -0.1) is 0 Å². The number of ether oxygens (including phenoxy) is 1. The largest absolute Gasteiger partial charge is 0.508 e. The summed E-state index contributed by atoms with van der Waals surface area (Å²) in [6, 6.07) is 14.5. The van der Waals surface area contributed by atoms with Crippen molar-refractivity contribution >= 4 is 11.6 Å². The van der Waals surface area contributed by atoms with Gasteiger partial charge in [-0.05, 0) is 62.7 Å². The molecule has 0 atom stereocenters. The number of phenolic OH excluding ortho intramolecular Hbond substituents is 1. The fourth-order valence-corrected chi connectivity index (χ4v) is 2.09. The number of phenols is 1. The molecule has 0 saturated carbocycles. The Labute approximate surface area is 142 Å². The summed E-state index contributed by atoms with van der Waals surface area (Å²) in [4.78, 5) is 11.7. The van der Waals surface area contributed by atoms with Gasteiger partial charge < -0.3 is 20.5 Å². The van der Waals surface area contributed by atoms with Crippen LogP contribution >= 0.6 is 0 Å². The second kappa shape index (κ2) is 7.73. The van der Waals surface area contributed by atoms with Crippen LogP contribution in [0.15, 0.2) is 48.5 Å². The molecule has 0 aliphatic heterocycles. The molecular formula is C19H24N2O3. The molecule has 2 aromatic carbocycles. The quantitative estimate of drug-likeness (QED) is 0.712. The SMILES string of the molecule is CC(C)(C)NC(=O)COc1ccc(CNc2ccc(O)cc2)cc1. The maximum atomic E-state index is 11.7. The minimum Gasteiger partial charge on any atom is -0.508 e. The number of carbonyl (C=O) groups is 1. The maximum absolute atomic E-state index is 11.7. The van der Waals surface area contributed by atoms with Crippen molar-refractivity contribution in [3.8, 4) is 11.5 Å². The maximum Gasteiger partial charge on any atom is 0.258 e. The van der Waals surface area contributed by atoms with Crippen molar-refractivity contribution < 1.29 is 14.6 Å². The third kappa shape index (κ3) is 6.20. The van der Waals surface area contributed by atoms with E-state index >= 15 is 0 Å². The van der Waals surface area contributed by atoms with Gasteiger partial charge in [0.1, 0.15) is 11.5 Å². The Morgan fingerprint density at radius 3 is 2.25 bits per heavy atom. The average Bonchev–Trinajstić information content (AvgIpc) is 2.52. The zero-order valence-electron chi connectivity index (χ0n) is 14.3. The van der Waals surface area contributed by atoms with Gasteiger partial charge in [-0.2, -0.15) is 0 Å². The van der Waals surface area contributed by atoms with E-state index in [-0.39, 0.29) is 23.8 Å². The summed E-state index contributed by atoms with van der Waals surface area (Å²) in [5, 5.41) is 15.4. The topological polar surface area (TPSA) is 70.6 Å². The lowest BCUT2D eigenvalue weighted by Crippen LogP contribution is -2.43. The molecule has 0 saturated heterocycles. The fraction of sp³-hybridized carbons (Fsp3) is 0.316. The van der Waals surface area contributed by atoms with Gasteiger partial charge >= 0.3 is 0 Å². The lowest BCUT2D eigenvalue weighted by atomic mass is 10.1. The van der Waals surface area contributed by atoms with E-state index in [1.807, 2.05) is 57.2 Å². The van der Waals surface area contributed by atoms with Crippen LogP contribution in [0.5, 0.6) is 11.5 Å². The Kier molecular flexibility index (Phi) is 5.68. The van der Waals surface area contributed by atoms with Crippen molar-refractivity contribution in [3.05, 3.63) is 54.1 Å². The fourth-order valence-electron chi connectivity index (χ4n) is 2.09. The molecule has 0 spiro atoms. The van der Waals surface area contributed by atoms with Gasteiger partial charge in [0, 0.05) is 17.8 Å². The second-order valence-corrected chi connectivity index (χ2v) is 6.63. The molecule has 0 aliphatic rings. The summed E-state index contributed by atoms with van der Waals surface area (Å²) >= 11 is 0. The third-order valence-electron chi connectivity index (χ3n) is 3.17. The normalized spacial score (nSPS) is 11.0. The Bertz CT molecular complexity index is 659. The molecule has 0 fully saturated rings. The highest BCUT2D eigenvalue weighted by Crippen LogP contribution is 2.16. The smallest absolute Gasteiger partial charge is 0.258 e. The first-order valence-electron chi connectivity index (χ1n) is 7.87. The van der Waals surface area contributed by atoms with Gasteiger partial charge in [0.25, 0.3) is 5.91 Å². The van der Waals surface area contributed by atoms with Gasteiger partial charge in [0.05, 0.1) is 0 Å². The molecule has 24 heavy (non-hydrogen) atoms. The molecule has 1 amide bonds. The zero-order chi connectivity index (χ0) is 17.6. The van der Waals surface area contributed by atoms with Crippen LogP contribution in [0.2, 0.25) is 0 Å². The van der Waals surface area contributed by atoms with E-state index < -0.39 is 0 Å². The van der Waals surface area contributed by atoms with E-state index in [0.29, 0.717) is 12.3 Å². The molecule has 0 radical (unpaired) electrons. The number of amides is 1. The minimum atomic E-state index is -0.260. The van der Waals surface area contributed by atoms with Crippen molar-refractivity contribution in [2.45, 2.75) is 32.9 Å². The van der Waals surface area contributed by atoms with Crippen molar-refractivity contribution in [2.24, 2.45) is 0 Å². The van der Waals surface area contributed by atoms with Gasteiger partial charge in [-0.1, -0.05) is 12.1 Å². The molecule has 128 valence electrons. The number of carbonyl (C=O) groups excluding carboxylic acids is 1. The molecule has 0 heterocycles. The Balaban J connectivity index is 1.80. The molecule has 5 nitrogen and oxygen atoms in total. The van der Waals surface area contributed by atoms with Gasteiger partial charge in [-0.3, -0.25) is 4.79 Å². The summed E-state index contributed by atoms with van der Waals surface area (Å²) in [5.41, 5.74) is 1.77. The van der Waals surface area contributed by atoms with Crippen LogP contribution in [0.4, 0.5) is 5.69 Å². The summed E-state index contributed by atoms with van der Waals surface area (Å²) in [5.74, 6) is 0.769. The second-order valence-electron chi connectivity index (χ2n) is 6.63. The van der Waals surface area contributed by atoms with E-state index in [4.69, 9.17) is 4.74 Å². The van der Waals surface area contributed by atoms with E-state index in [2.05, 4.69) is 10.6 Å². The monoisotopic (exact) mass is 328 g/mol. The summed E-state index contributed by atoms with van der Waals surface area (Å²) in [6.07, 6.45) is 0. The van der Waals surface area contributed by atoms with Gasteiger partial charge in [0.15, 0.2) is 6.61 Å². The minimum absolute atomic E-state index is 0.00236. The van der Waals surface area contributed by atoms with Crippen molar-refractivity contribution in [2.75, 3.05) is 11.9 Å². The number of nitrogens with one attached hydrogen (secondary N) is 2. The van der Waals surface area contributed by atoms with E-state index in [1.165, 1.54) is 0 Å². The molecule has 3 N–H and O–H groups in total. The lowest BCUT2D eigenvalue weighted by Gasteiger charge is -2.20. The Hall–Kier alpha value is -2.69. The van der Waals surface area contributed by atoms with Crippen LogP contribution in [-0.2, 0) is 11.3 Å². The number of anilines is 1. The van der Waals surface area contributed by atoms with Crippen LogP contribution < -0.4 is 15.4 Å². The molecule has 2 aromatic rings. The first kappa shape index (κ1) is 17.7. The average molecular weight is 328 g/mol. The van der Waals surface area contributed by atoms with E-state index in [1.54, 1.807) is 12.1 Å². The highest BCUT2D eigenvalue weighted by Gasteiger charge is 2.13. The zero-order valence-corrected chi connectivity index (χ0v) is 14.3. The number of benzene rings is 2. The summed E-state index contributed by atoms with van der Waals surface area (Å²) in [6.45, 7) is 6.46. The standard InChI is InChI=1S/C19H24N2O3/c1-19(2,3)21-18(23)13-24-17-10-4-14(5-11-17)12-20-15-6-8-16(22)9-7-15/h4-11,20,22H,12-13H2,1-3H3,(H,21,23). The van der Waals surface area contributed by atoms with Crippen LogP contribution in [0.3, 0.4) is 0 Å². The molecule has 0 aliphatic carbocycles. The molecule has 0 unspecified atom stereocenters. The van der Waals surface area contributed by atoms with Crippen LogP contribution in [0.1, 0.15) is 26.3 Å². The highest BCUT2D eigenvalue weighted by molar-refractivity contribution is 5.78. The van der Waals surface area contributed by atoms with Crippen LogP contribution in [0, 0.1) is 0 Å². The van der Waals surface area contributed by atoms with E-state index in [0.717, 1.165) is 11.3 Å². The van der Waals surface area contributed by atoms with Crippen molar-refractivity contribution in [3.63, 3.8) is 0 Å². The Morgan fingerprint density at radius 2 is 1.67 bits per heavy atom. The first-order valence-corrected chi connectivity index (χ1v) is 7.87.